The molecule has 0 saturated heterocycles. The molecule has 0 heterocycles. The quantitative estimate of drug-likeness (QED) is 0.684. The molecule has 3 aromatic carbocycles. The molecule has 0 spiro atoms. The summed E-state index contributed by atoms with van der Waals surface area (Å²) < 4.78 is 0. The second-order valence-electron chi connectivity index (χ2n) is 6.02. The van der Waals surface area contributed by atoms with Gasteiger partial charge < -0.3 is 10.4 Å². The Labute approximate surface area is 148 Å². The van der Waals surface area contributed by atoms with E-state index in [4.69, 9.17) is 0 Å². The summed E-state index contributed by atoms with van der Waals surface area (Å²) in [5.74, 6) is -0.829. The van der Waals surface area contributed by atoms with E-state index in [-0.39, 0.29) is 0 Å². The predicted molar refractivity (Wildman–Crippen MR) is 100 cm³/mol. The van der Waals surface area contributed by atoms with Gasteiger partial charge in [-0.1, -0.05) is 84.9 Å². The van der Waals surface area contributed by atoms with Crippen molar-refractivity contribution in [1.29, 1.82) is 0 Å². The van der Waals surface area contributed by atoms with Gasteiger partial charge in [0, 0.05) is 6.54 Å². The molecule has 3 heteroatoms. The summed E-state index contributed by atoms with van der Waals surface area (Å²) in [7, 11) is 0. The van der Waals surface area contributed by atoms with Crippen molar-refractivity contribution in [2.75, 3.05) is 0 Å². The fourth-order valence-corrected chi connectivity index (χ4v) is 2.78. The molecule has 3 nitrogen and oxygen atoms in total. The molecule has 1 atom stereocenters. The van der Waals surface area contributed by atoms with E-state index in [1.54, 1.807) is 0 Å². The molecule has 0 aromatic heterocycles. The largest absolute Gasteiger partial charge is 0.480 e. The lowest BCUT2D eigenvalue weighted by Gasteiger charge is -2.15. The Morgan fingerprint density at radius 1 is 0.760 bits per heavy atom. The van der Waals surface area contributed by atoms with E-state index in [9.17, 15) is 9.90 Å². The summed E-state index contributed by atoms with van der Waals surface area (Å²) in [6.07, 6.45) is 0.471. The number of carbonyl (C=O) groups is 1. The van der Waals surface area contributed by atoms with E-state index in [0.717, 1.165) is 16.7 Å². The first kappa shape index (κ1) is 16.9. The van der Waals surface area contributed by atoms with Gasteiger partial charge >= 0.3 is 5.97 Å². The molecule has 3 rings (SSSR count). The van der Waals surface area contributed by atoms with Crippen molar-refractivity contribution in [2.45, 2.75) is 19.0 Å². The van der Waals surface area contributed by atoms with E-state index in [0.29, 0.717) is 13.0 Å². The lowest BCUT2D eigenvalue weighted by atomic mass is 10.0. The SMILES string of the molecule is O=C(O)[C@@H](Cc1ccccc1)NCc1ccc(-c2ccccc2)cc1. The molecule has 0 saturated carbocycles. The van der Waals surface area contributed by atoms with Crippen LogP contribution in [0.2, 0.25) is 0 Å². The van der Waals surface area contributed by atoms with Gasteiger partial charge in [-0.15, -0.1) is 0 Å². The van der Waals surface area contributed by atoms with Crippen LogP contribution in [0.3, 0.4) is 0 Å². The van der Waals surface area contributed by atoms with Crippen molar-refractivity contribution >= 4 is 5.97 Å². The molecular formula is C22H21NO2. The minimum absolute atomic E-state index is 0.471. The highest BCUT2D eigenvalue weighted by Crippen LogP contribution is 2.19. The Bertz CT molecular complexity index is 798. The lowest BCUT2D eigenvalue weighted by Crippen LogP contribution is -2.38. The molecule has 2 N–H and O–H groups in total. The molecule has 0 fully saturated rings. The van der Waals surface area contributed by atoms with Crippen LogP contribution in [0.15, 0.2) is 84.9 Å². The molecule has 0 aliphatic heterocycles. The summed E-state index contributed by atoms with van der Waals surface area (Å²) in [5.41, 5.74) is 4.42. The average molecular weight is 331 g/mol. The summed E-state index contributed by atoms with van der Waals surface area (Å²) in [4.78, 5) is 11.5. The normalized spacial score (nSPS) is 11.8. The third kappa shape index (κ3) is 4.78. The topological polar surface area (TPSA) is 49.3 Å². The third-order valence-electron chi connectivity index (χ3n) is 4.19. The molecule has 0 aliphatic rings. The van der Waals surface area contributed by atoms with Gasteiger partial charge in [-0.25, -0.2) is 0 Å². The molecule has 0 radical (unpaired) electrons. The molecule has 25 heavy (non-hydrogen) atoms. The Balaban J connectivity index is 1.62. The number of carboxylic acids is 1. The second kappa shape index (κ2) is 8.27. The maximum atomic E-state index is 11.5. The zero-order chi connectivity index (χ0) is 17.5. The third-order valence-corrected chi connectivity index (χ3v) is 4.19. The summed E-state index contributed by atoms with van der Waals surface area (Å²) >= 11 is 0. The zero-order valence-electron chi connectivity index (χ0n) is 13.9. The van der Waals surface area contributed by atoms with Gasteiger partial charge in [-0.05, 0) is 28.7 Å². The first-order chi connectivity index (χ1) is 12.2. The van der Waals surface area contributed by atoms with Crippen LogP contribution in [-0.2, 0) is 17.8 Å². The maximum absolute atomic E-state index is 11.5. The fraction of sp³-hybridized carbons (Fsp3) is 0.136. The van der Waals surface area contributed by atoms with E-state index in [2.05, 4.69) is 29.6 Å². The minimum atomic E-state index is -0.829. The highest BCUT2D eigenvalue weighted by atomic mass is 16.4. The van der Waals surface area contributed by atoms with Crippen molar-refractivity contribution < 1.29 is 9.90 Å². The van der Waals surface area contributed by atoms with E-state index < -0.39 is 12.0 Å². The Morgan fingerprint density at radius 2 is 1.32 bits per heavy atom. The van der Waals surface area contributed by atoms with Crippen molar-refractivity contribution in [3.63, 3.8) is 0 Å². The molecule has 0 unspecified atom stereocenters. The number of rotatable bonds is 7. The first-order valence-corrected chi connectivity index (χ1v) is 8.37. The summed E-state index contributed by atoms with van der Waals surface area (Å²) in [6.45, 7) is 0.527. The monoisotopic (exact) mass is 331 g/mol. The Hall–Kier alpha value is -2.91. The average Bonchev–Trinajstić information content (AvgIpc) is 2.67. The highest BCUT2D eigenvalue weighted by Gasteiger charge is 2.17. The van der Waals surface area contributed by atoms with Crippen LogP contribution in [-0.4, -0.2) is 17.1 Å². The van der Waals surface area contributed by atoms with E-state index in [1.165, 1.54) is 5.56 Å². The predicted octanol–water partition coefficient (Wildman–Crippen LogP) is 4.14. The van der Waals surface area contributed by atoms with E-state index >= 15 is 0 Å². The number of hydrogen-bond donors (Lipinski definition) is 2. The molecular weight excluding hydrogens is 310 g/mol. The maximum Gasteiger partial charge on any atom is 0.321 e. The van der Waals surface area contributed by atoms with Gasteiger partial charge in [0.25, 0.3) is 0 Å². The van der Waals surface area contributed by atoms with Crippen LogP contribution in [0.4, 0.5) is 0 Å². The van der Waals surface area contributed by atoms with Crippen molar-refractivity contribution in [2.24, 2.45) is 0 Å². The van der Waals surface area contributed by atoms with Crippen LogP contribution in [0.5, 0.6) is 0 Å². The van der Waals surface area contributed by atoms with Crippen molar-refractivity contribution in [1.82, 2.24) is 5.32 Å². The standard InChI is InChI=1S/C22H21NO2/c24-22(25)21(15-17-7-3-1-4-8-17)23-16-18-11-13-20(14-12-18)19-9-5-2-6-10-19/h1-14,21,23H,15-16H2,(H,24,25)/t21-/m1/s1. The Kier molecular flexibility index (Phi) is 5.60. The van der Waals surface area contributed by atoms with Crippen LogP contribution in [0.1, 0.15) is 11.1 Å². The number of nitrogens with one attached hydrogen (secondary N) is 1. The van der Waals surface area contributed by atoms with Crippen molar-refractivity contribution in [3.8, 4) is 11.1 Å². The minimum Gasteiger partial charge on any atom is -0.480 e. The zero-order valence-corrected chi connectivity index (χ0v) is 13.9. The highest BCUT2D eigenvalue weighted by molar-refractivity contribution is 5.74. The number of aliphatic carboxylic acids is 1. The number of benzene rings is 3. The molecule has 0 amide bonds. The van der Waals surface area contributed by atoms with E-state index in [1.807, 2.05) is 60.7 Å². The number of hydrogen-bond acceptors (Lipinski definition) is 2. The Morgan fingerprint density at radius 3 is 1.92 bits per heavy atom. The van der Waals surface area contributed by atoms with Crippen LogP contribution < -0.4 is 5.32 Å². The molecule has 126 valence electrons. The van der Waals surface area contributed by atoms with Crippen LogP contribution >= 0.6 is 0 Å². The van der Waals surface area contributed by atoms with Gasteiger partial charge in [-0.2, -0.15) is 0 Å². The lowest BCUT2D eigenvalue weighted by molar-refractivity contribution is -0.139. The van der Waals surface area contributed by atoms with Crippen LogP contribution in [0.25, 0.3) is 11.1 Å². The molecule has 0 aliphatic carbocycles. The van der Waals surface area contributed by atoms with Gasteiger partial charge in [0.15, 0.2) is 0 Å². The van der Waals surface area contributed by atoms with Gasteiger partial charge in [-0.3, -0.25) is 4.79 Å². The first-order valence-electron chi connectivity index (χ1n) is 8.37. The van der Waals surface area contributed by atoms with Crippen molar-refractivity contribution in [3.05, 3.63) is 96.1 Å². The van der Waals surface area contributed by atoms with Gasteiger partial charge in [0.1, 0.15) is 6.04 Å². The van der Waals surface area contributed by atoms with Crippen LogP contribution in [0, 0.1) is 0 Å². The molecule has 3 aromatic rings. The summed E-state index contributed by atoms with van der Waals surface area (Å²) in [5, 5.41) is 12.6. The fourth-order valence-electron chi connectivity index (χ4n) is 2.78. The smallest absolute Gasteiger partial charge is 0.321 e. The van der Waals surface area contributed by atoms with Gasteiger partial charge in [0.05, 0.1) is 0 Å². The summed E-state index contributed by atoms with van der Waals surface area (Å²) in [6, 6.07) is 27.5. The van der Waals surface area contributed by atoms with Gasteiger partial charge in [0.2, 0.25) is 0 Å². The molecule has 0 bridgehead atoms. The second-order valence-corrected chi connectivity index (χ2v) is 6.02. The number of carboxylic acid groups (broad SMARTS) is 1.